The molecule has 2 N–H and O–H groups in total. The molecule has 0 saturated heterocycles. The van der Waals surface area contributed by atoms with Crippen molar-refractivity contribution in [2.24, 2.45) is 5.92 Å². The van der Waals surface area contributed by atoms with Crippen molar-refractivity contribution >= 4 is 5.97 Å². The lowest BCUT2D eigenvalue weighted by Gasteiger charge is -2.27. The summed E-state index contributed by atoms with van der Waals surface area (Å²) in [6.45, 7) is 2.15. The lowest BCUT2D eigenvalue weighted by Crippen LogP contribution is -2.37. The van der Waals surface area contributed by atoms with E-state index < -0.39 is 5.97 Å². The van der Waals surface area contributed by atoms with Gasteiger partial charge in [-0.15, -0.1) is 0 Å². The molecule has 0 radical (unpaired) electrons. The maximum atomic E-state index is 10.9. The van der Waals surface area contributed by atoms with Crippen molar-refractivity contribution in [2.75, 3.05) is 27.2 Å². The van der Waals surface area contributed by atoms with E-state index in [1.807, 2.05) is 0 Å². The Morgan fingerprint density at radius 1 is 1.35 bits per heavy atom. The highest BCUT2D eigenvalue weighted by Crippen LogP contribution is 2.24. The van der Waals surface area contributed by atoms with E-state index in [9.17, 15) is 4.79 Å². The second-order valence-corrected chi connectivity index (χ2v) is 5.36. The van der Waals surface area contributed by atoms with Crippen LogP contribution in [0.4, 0.5) is 0 Å². The van der Waals surface area contributed by atoms with E-state index in [4.69, 9.17) is 5.11 Å². The topological polar surface area (TPSA) is 52.6 Å². The Labute approximate surface area is 104 Å². The van der Waals surface area contributed by atoms with Gasteiger partial charge < -0.3 is 15.3 Å². The van der Waals surface area contributed by atoms with E-state index in [1.165, 1.54) is 12.8 Å². The maximum Gasteiger partial charge on any atom is 0.306 e. The van der Waals surface area contributed by atoms with Crippen LogP contribution in [-0.4, -0.2) is 49.2 Å². The zero-order chi connectivity index (χ0) is 12.7. The third-order valence-corrected chi connectivity index (χ3v) is 3.49. The summed E-state index contributed by atoms with van der Waals surface area (Å²) in [7, 11) is 4.18. The molecule has 0 aromatic rings. The Kier molecular flexibility index (Phi) is 6.52. The maximum absolute atomic E-state index is 10.9. The molecule has 0 aliphatic heterocycles. The standard InChI is InChI=1S/C13H26N2O2/c1-15(2)9-4-3-8-14-12-7-5-6-11(10-12)13(16)17/h11-12,14H,3-10H2,1-2H3,(H,16,17). The molecular weight excluding hydrogens is 216 g/mol. The Hall–Kier alpha value is -0.610. The predicted octanol–water partition coefficient (Wildman–Crippen LogP) is 1.56. The molecule has 100 valence electrons. The number of hydrogen-bond acceptors (Lipinski definition) is 3. The third-order valence-electron chi connectivity index (χ3n) is 3.49. The summed E-state index contributed by atoms with van der Waals surface area (Å²) >= 11 is 0. The molecule has 0 amide bonds. The van der Waals surface area contributed by atoms with Crippen LogP contribution in [0.2, 0.25) is 0 Å². The number of aliphatic carboxylic acids is 1. The van der Waals surface area contributed by atoms with Crippen LogP contribution < -0.4 is 5.32 Å². The van der Waals surface area contributed by atoms with E-state index in [1.54, 1.807) is 0 Å². The Morgan fingerprint density at radius 3 is 2.76 bits per heavy atom. The molecule has 1 rings (SSSR count). The average Bonchev–Trinajstić information content (AvgIpc) is 2.28. The van der Waals surface area contributed by atoms with Gasteiger partial charge in [-0.05, 0) is 59.3 Å². The molecular formula is C13H26N2O2. The van der Waals surface area contributed by atoms with E-state index in [0.717, 1.165) is 38.8 Å². The van der Waals surface area contributed by atoms with Crippen LogP contribution in [-0.2, 0) is 4.79 Å². The van der Waals surface area contributed by atoms with Gasteiger partial charge in [-0.3, -0.25) is 4.79 Å². The van der Waals surface area contributed by atoms with Gasteiger partial charge in [-0.1, -0.05) is 6.42 Å². The summed E-state index contributed by atoms with van der Waals surface area (Å²) in [5.41, 5.74) is 0. The summed E-state index contributed by atoms with van der Waals surface area (Å²) in [5.74, 6) is -0.743. The highest BCUT2D eigenvalue weighted by molar-refractivity contribution is 5.70. The molecule has 4 heteroatoms. The second-order valence-electron chi connectivity index (χ2n) is 5.36. The van der Waals surface area contributed by atoms with Crippen LogP contribution in [0.15, 0.2) is 0 Å². The molecule has 0 bridgehead atoms. The number of nitrogens with one attached hydrogen (secondary N) is 1. The molecule has 0 aromatic carbocycles. The van der Waals surface area contributed by atoms with Crippen molar-refractivity contribution in [1.29, 1.82) is 0 Å². The molecule has 1 fully saturated rings. The number of carbonyl (C=O) groups is 1. The first-order valence-corrected chi connectivity index (χ1v) is 6.70. The zero-order valence-corrected chi connectivity index (χ0v) is 11.1. The molecule has 1 saturated carbocycles. The minimum absolute atomic E-state index is 0.122. The number of unbranched alkanes of at least 4 members (excludes halogenated alkanes) is 1. The molecule has 1 aliphatic carbocycles. The molecule has 0 aromatic heterocycles. The summed E-state index contributed by atoms with van der Waals surface area (Å²) in [6.07, 6.45) is 6.22. The molecule has 0 spiro atoms. The SMILES string of the molecule is CN(C)CCCCNC1CCCC(C(=O)O)C1. The van der Waals surface area contributed by atoms with E-state index in [-0.39, 0.29) is 5.92 Å². The molecule has 17 heavy (non-hydrogen) atoms. The summed E-state index contributed by atoms with van der Waals surface area (Å²) in [5, 5.41) is 12.5. The van der Waals surface area contributed by atoms with E-state index >= 15 is 0 Å². The van der Waals surface area contributed by atoms with Crippen molar-refractivity contribution in [1.82, 2.24) is 10.2 Å². The molecule has 4 nitrogen and oxygen atoms in total. The van der Waals surface area contributed by atoms with Gasteiger partial charge in [0.15, 0.2) is 0 Å². The van der Waals surface area contributed by atoms with Crippen LogP contribution in [0.1, 0.15) is 38.5 Å². The van der Waals surface area contributed by atoms with Crippen molar-refractivity contribution in [3.8, 4) is 0 Å². The fraction of sp³-hybridized carbons (Fsp3) is 0.923. The first-order chi connectivity index (χ1) is 8.09. The number of hydrogen-bond donors (Lipinski definition) is 2. The van der Waals surface area contributed by atoms with Crippen molar-refractivity contribution in [3.05, 3.63) is 0 Å². The van der Waals surface area contributed by atoms with E-state index in [2.05, 4.69) is 24.3 Å². The third kappa shape index (κ3) is 6.03. The van der Waals surface area contributed by atoms with Crippen molar-refractivity contribution in [3.63, 3.8) is 0 Å². The van der Waals surface area contributed by atoms with Gasteiger partial charge >= 0.3 is 5.97 Å². The fourth-order valence-corrected chi connectivity index (χ4v) is 2.46. The minimum atomic E-state index is -0.621. The van der Waals surface area contributed by atoms with Gasteiger partial charge in [0, 0.05) is 6.04 Å². The largest absolute Gasteiger partial charge is 0.481 e. The highest BCUT2D eigenvalue weighted by atomic mass is 16.4. The quantitative estimate of drug-likeness (QED) is 0.665. The van der Waals surface area contributed by atoms with Gasteiger partial charge in [0.05, 0.1) is 5.92 Å². The Bertz CT molecular complexity index is 231. The number of carboxylic acid groups (broad SMARTS) is 1. The summed E-state index contributed by atoms with van der Waals surface area (Å²) < 4.78 is 0. The van der Waals surface area contributed by atoms with Crippen LogP contribution >= 0.6 is 0 Å². The van der Waals surface area contributed by atoms with Gasteiger partial charge in [0.2, 0.25) is 0 Å². The van der Waals surface area contributed by atoms with Crippen molar-refractivity contribution < 1.29 is 9.90 Å². The lowest BCUT2D eigenvalue weighted by atomic mass is 9.86. The Morgan fingerprint density at radius 2 is 2.12 bits per heavy atom. The van der Waals surface area contributed by atoms with Crippen molar-refractivity contribution in [2.45, 2.75) is 44.6 Å². The molecule has 2 atom stereocenters. The molecule has 0 heterocycles. The first-order valence-electron chi connectivity index (χ1n) is 6.70. The fourth-order valence-electron chi connectivity index (χ4n) is 2.46. The van der Waals surface area contributed by atoms with Gasteiger partial charge in [-0.2, -0.15) is 0 Å². The highest BCUT2D eigenvalue weighted by Gasteiger charge is 2.26. The minimum Gasteiger partial charge on any atom is -0.481 e. The van der Waals surface area contributed by atoms with Gasteiger partial charge in [-0.25, -0.2) is 0 Å². The molecule has 1 aliphatic rings. The number of carboxylic acids is 1. The zero-order valence-electron chi connectivity index (χ0n) is 11.1. The van der Waals surface area contributed by atoms with Crippen LogP contribution in [0.3, 0.4) is 0 Å². The molecule has 2 unspecified atom stereocenters. The smallest absolute Gasteiger partial charge is 0.306 e. The first kappa shape index (κ1) is 14.5. The normalized spacial score (nSPS) is 25.1. The second kappa shape index (κ2) is 7.67. The Balaban J connectivity index is 2.08. The van der Waals surface area contributed by atoms with Gasteiger partial charge in [0.1, 0.15) is 0 Å². The number of rotatable bonds is 7. The van der Waals surface area contributed by atoms with Gasteiger partial charge in [0.25, 0.3) is 0 Å². The summed E-state index contributed by atoms with van der Waals surface area (Å²) in [6, 6.07) is 0.421. The average molecular weight is 242 g/mol. The predicted molar refractivity (Wildman–Crippen MR) is 69.2 cm³/mol. The van der Waals surface area contributed by atoms with E-state index in [0.29, 0.717) is 6.04 Å². The van der Waals surface area contributed by atoms with Crippen LogP contribution in [0.5, 0.6) is 0 Å². The summed E-state index contributed by atoms with van der Waals surface area (Å²) in [4.78, 5) is 13.1. The van der Waals surface area contributed by atoms with Crippen LogP contribution in [0, 0.1) is 5.92 Å². The lowest BCUT2D eigenvalue weighted by molar-refractivity contribution is -0.143. The monoisotopic (exact) mass is 242 g/mol. The number of nitrogens with zero attached hydrogens (tertiary/aromatic N) is 1. The van der Waals surface area contributed by atoms with Crippen LogP contribution in [0.25, 0.3) is 0 Å².